The Morgan fingerprint density at radius 1 is 1.55 bits per heavy atom. The lowest BCUT2D eigenvalue weighted by atomic mass is 10.0. The molecule has 0 saturated carbocycles. The lowest BCUT2D eigenvalue weighted by molar-refractivity contribution is 0.0475. The Balaban J connectivity index is 2.11. The van der Waals surface area contributed by atoms with E-state index in [0.717, 1.165) is 17.7 Å². The molecule has 122 valence electrons. The van der Waals surface area contributed by atoms with E-state index in [1.165, 1.54) is 17.8 Å². The van der Waals surface area contributed by atoms with Crippen molar-refractivity contribution < 1.29 is 14.3 Å². The molecule has 4 nitrogen and oxygen atoms in total. The van der Waals surface area contributed by atoms with E-state index in [1.54, 1.807) is 24.8 Å². The number of carbonyl (C=O) groups excluding carboxylic acids is 1. The van der Waals surface area contributed by atoms with Crippen molar-refractivity contribution in [3.8, 4) is 0 Å². The third-order valence-electron chi connectivity index (χ3n) is 3.57. The predicted octanol–water partition coefficient (Wildman–Crippen LogP) is 3.17. The zero-order valence-corrected chi connectivity index (χ0v) is 14.0. The number of amides is 2. The van der Waals surface area contributed by atoms with Gasteiger partial charge < -0.3 is 15.3 Å². The van der Waals surface area contributed by atoms with Crippen LogP contribution in [-0.4, -0.2) is 40.5 Å². The third kappa shape index (κ3) is 4.14. The number of rotatable bonds is 4. The molecule has 1 aromatic rings. The SMILES string of the molecule is CCN(CC(C)(C)O)C(=O)NC1CCSc2c(F)cccc21. The summed E-state index contributed by atoms with van der Waals surface area (Å²) in [4.78, 5) is 14.6. The molecule has 2 N–H and O–H groups in total. The fourth-order valence-electron chi connectivity index (χ4n) is 2.57. The first-order chi connectivity index (χ1) is 10.3. The number of likely N-dealkylation sites (N-methyl/N-ethyl adjacent to an activating group) is 1. The Morgan fingerprint density at radius 3 is 2.91 bits per heavy atom. The van der Waals surface area contributed by atoms with Crippen LogP contribution in [0.1, 0.15) is 38.8 Å². The molecule has 1 aliphatic rings. The Hall–Kier alpha value is -1.27. The second-order valence-electron chi connectivity index (χ2n) is 6.12. The number of urea groups is 1. The summed E-state index contributed by atoms with van der Waals surface area (Å²) in [7, 11) is 0. The van der Waals surface area contributed by atoms with E-state index in [-0.39, 0.29) is 24.4 Å². The van der Waals surface area contributed by atoms with Crippen LogP contribution in [0.25, 0.3) is 0 Å². The Labute approximate surface area is 135 Å². The van der Waals surface area contributed by atoms with E-state index in [1.807, 2.05) is 13.0 Å². The van der Waals surface area contributed by atoms with Gasteiger partial charge in [-0.25, -0.2) is 9.18 Å². The summed E-state index contributed by atoms with van der Waals surface area (Å²) in [5, 5.41) is 12.9. The average molecular weight is 326 g/mol. The monoisotopic (exact) mass is 326 g/mol. The van der Waals surface area contributed by atoms with Crippen molar-refractivity contribution in [2.24, 2.45) is 0 Å². The first-order valence-electron chi connectivity index (χ1n) is 7.51. The Kier molecular flexibility index (Phi) is 5.34. The fourth-order valence-corrected chi connectivity index (χ4v) is 3.71. The van der Waals surface area contributed by atoms with Crippen LogP contribution in [0.2, 0.25) is 0 Å². The van der Waals surface area contributed by atoms with Crippen LogP contribution < -0.4 is 5.32 Å². The number of nitrogens with zero attached hydrogens (tertiary/aromatic N) is 1. The minimum absolute atomic E-state index is 0.185. The van der Waals surface area contributed by atoms with E-state index in [2.05, 4.69) is 5.32 Å². The van der Waals surface area contributed by atoms with Crippen LogP contribution in [0.15, 0.2) is 23.1 Å². The lowest BCUT2D eigenvalue weighted by Crippen LogP contribution is -2.48. The van der Waals surface area contributed by atoms with E-state index in [4.69, 9.17) is 0 Å². The van der Waals surface area contributed by atoms with Crippen molar-refractivity contribution in [1.82, 2.24) is 10.2 Å². The summed E-state index contributed by atoms with van der Waals surface area (Å²) in [6, 6.07) is 4.57. The normalized spacial score (nSPS) is 17.8. The number of carbonyl (C=O) groups is 1. The van der Waals surface area contributed by atoms with Gasteiger partial charge in [0, 0.05) is 17.2 Å². The molecule has 2 rings (SSSR count). The summed E-state index contributed by atoms with van der Waals surface area (Å²) in [5.74, 6) is 0.543. The number of benzene rings is 1. The molecule has 0 aliphatic carbocycles. The quantitative estimate of drug-likeness (QED) is 0.893. The first kappa shape index (κ1) is 17.1. The average Bonchev–Trinajstić information content (AvgIpc) is 2.45. The van der Waals surface area contributed by atoms with Gasteiger partial charge in [0.25, 0.3) is 0 Å². The molecular weight excluding hydrogens is 303 g/mol. The molecule has 6 heteroatoms. The molecule has 1 unspecified atom stereocenters. The van der Waals surface area contributed by atoms with E-state index >= 15 is 0 Å². The standard InChI is InChI=1S/C16H23FN2O2S/c1-4-19(10-16(2,3)21)15(20)18-13-8-9-22-14-11(13)6-5-7-12(14)17/h5-7,13,21H,4,8-10H2,1-3H3,(H,18,20). The number of thioether (sulfide) groups is 1. The van der Waals surface area contributed by atoms with Gasteiger partial charge in [0.05, 0.1) is 18.2 Å². The Bertz CT molecular complexity index is 545. The van der Waals surface area contributed by atoms with Gasteiger partial charge in [0.15, 0.2) is 0 Å². The van der Waals surface area contributed by atoms with Crippen molar-refractivity contribution in [3.05, 3.63) is 29.6 Å². The number of halogens is 1. The van der Waals surface area contributed by atoms with Gasteiger partial charge in [0.1, 0.15) is 5.82 Å². The maximum atomic E-state index is 13.9. The maximum Gasteiger partial charge on any atom is 0.317 e. The summed E-state index contributed by atoms with van der Waals surface area (Å²) in [6.07, 6.45) is 0.771. The molecule has 0 radical (unpaired) electrons. The van der Waals surface area contributed by atoms with Crippen LogP contribution >= 0.6 is 11.8 Å². The molecule has 0 bridgehead atoms. The molecule has 0 saturated heterocycles. The van der Waals surface area contributed by atoms with Crippen molar-refractivity contribution in [2.75, 3.05) is 18.8 Å². The van der Waals surface area contributed by atoms with Gasteiger partial charge in [-0.05, 0) is 38.8 Å². The van der Waals surface area contributed by atoms with Gasteiger partial charge in [-0.15, -0.1) is 11.8 Å². The summed E-state index contributed by atoms with van der Waals surface area (Å²) >= 11 is 1.49. The molecule has 22 heavy (non-hydrogen) atoms. The zero-order valence-electron chi connectivity index (χ0n) is 13.2. The van der Waals surface area contributed by atoms with Gasteiger partial charge in [-0.3, -0.25) is 0 Å². The number of hydrogen-bond acceptors (Lipinski definition) is 3. The topological polar surface area (TPSA) is 52.6 Å². The number of aliphatic hydroxyl groups is 1. The van der Waals surface area contributed by atoms with E-state index in [0.29, 0.717) is 11.4 Å². The highest BCUT2D eigenvalue weighted by molar-refractivity contribution is 7.99. The van der Waals surface area contributed by atoms with Crippen LogP contribution in [0.5, 0.6) is 0 Å². The minimum atomic E-state index is -0.945. The summed E-state index contributed by atoms with van der Waals surface area (Å²) in [6.45, 7) is 5.98. The molecule has 0 aromatic heterocycles. The summed E-state index contributed by atoms with van der Waals surface area (Å²) < 4.78 is 13.9. The van der Waals surface area contributed by atoms with Gasteiger partial charge in [-0.1, -0.05) is 12.1 Å². The largest absolute Gasteiger partial charge is 0.389 e. The molecule has 1 atom stereocenters. The molecule has 1 heterocycles. The van der Waals surface area contributed by atoms with Crippen molar-refractivity contribution in [1.29, 1.82) is 0 Å². The predicted molar refractivity (Wildman–Crippen MR) is 86.6 cm³/mol. The number of nitrogens with one attached hydrogen (secondary N) is 1. The van der Waals surface area contributed by atoms with Crippen LogP contribution in [-0.2, 0) is 0 Å². The molecule has 0 spiro atoms. The lowest BCUT2D eigenvalue weighted by Gasteiger charge is -2.32. The molecule has 1 aromatic carbocycles. The van der Waals surface area contributed by atoms with Crippen LogP contribution in [0.3, 0.4) is 0 Å². The van der Waals surface area contributed by atoms with Crippen LogP contribution in [0.4, 0.5) is 9.18 Å². The summed E-state index contributed by atoms with van der Waals surface area (Å²) in [5.41, 5.74) is -0.108. The highest BCUT2D eigenvalue weighted by Gasteiger charge is 2.27. The molecule has 0 fully saturated rings. The molecule has 2 amide bonds. The van der Waals surface area contributed by atoms with Gasteiger partial charge >= 0.3 is 6.03 Å². The highest BCUT2D eigenvalue weighted by Crippen LogP contribution is 2.37. The second kappa shape index (κ2) is 6.87. The smallest absolute Gasteiger partial charge is 0.317 e. The molecule has 1 aliphatic heterocycles. The first-order valence-corrected chi connectivity index (χ1v) is 8.49. The maximum absolute atomic E-state index is 13.9. The van der Waals surface area contributed by atoms with E-state index in [9.17, 15) is 14.3 Å². The number of fused-ring (bicyclic) bond motifs is 1. The van der Waals surface area contributed by atoms with Crippen LogP contribution in [0, 0.1) is 5.82 Å². The molecular formula is C16H23FN2O2S. The zero-order chi connectivity index (χ0) is 16.3. The van der Waals surface area contributed by atoms with Gasteiger partial charge in [0.2, 0.25) is 0 Å². The van der Waals surface area contributed by atoms with Gasteiger partial charge in [-0.2, -0.15) is 0 Å². The Morgan fingerprint density at radius 2 is 2.27 bits per heavy atom. The second-order valence-corrected chi connectivity index (χ2v) is 7.23. The van der Waals surface area contributed by atoms with Crippen molar-refractivity contribution >= 4 is 17.8 Å². The third-order valence-corrected chi connectivity index (χ3v) is 4.73. The van der Waals surface area contributed by atoms with E-state index < -0.39 is 5.60 Å². The van der Waals surface area contributed by atoms with Crippen molar-refractivity contribution in [3.63, 3.8) is 0 Å². The number of hydrogen-bond donors (Lipinski definition) is 2. The highest BCUT2D eigenvalue weighted by atomic mass is 32.2. The van der Waals surface area contributed by atoms with Crippen molar-refractivity contribution in [2.45, 2.75) is 43.7 Å². The fraction of sp³-hybridized carbons (Fsp3) is 0.562. The minimum Gasteiger partial charge on any atom is -0.389 e.